The molecule has 1 unspecified atom stereocenters. The van der Waals surface area contributed by atoms with Gasteiger partial charge < -0.3 is 15.8 Å². The van der Waals surface area contributed by atoms with Gasteiger partial charge in [0.05, 0.1) is 22.9 Å². The van der Waals surface area contributed by atoms with E-state index >= 15 is 0 Å². The third-order valence-corrected chi connectivity index (χ3v) is 4.48. The van der Waals surface area contributed by atoms with Crippen LogP contribution in [0.3, 0.4) is 0 Å². The molecule has 0 fully saturated rings. The second-order valence-electron chi connectivity index (χ2n) is 6.40. The van der Waals surface area contributed by atoms with Crippen molar-refractivity contribution in [3.05, 3.63) is 88.6 Å². The van der Waals surface area contributed by atoms with Crippen LogP contribution in [0.15, 0.2) is 71.8 Å². The van der Waals surface area contributed by atoms with E-state index in [9.17, 15) is 9.90 Å². The summed E-state index contributed by atoms with van der Waals surface area (Å²) < 4.78 is 0. The van der Waals surface area contributed by atoms with Gasteiger partial charge in [-0.1, -0.05) is 36.4 Å². The zero-order valence-corrected chi connectivity index (χ0v) is 14.5. The number of nitrogens with one attached hydrogen (secondary N) is 1. The Balaban J connectivity index is 1.68. The predicted octanol–water partition coefficient (Wildman–Crippen LogP) is 2.93. The Morgan fingerprint density at radius 3 is 2.67 bits per heavy atom. The number of nitrogens with zero attached hydrogens (tertiary/aromatic N) is 2. The highest BCUT2D eigenvalue weighted by atomic mass is 16.3. The molecule has 6 heteroatoms. The summed E-state index contributed by atoms with van der Waals surface area (Å²) in [6.45, 7) is 0. The third-order valence-electron chi connectivity index (χ3n) is 4.48. The minimum absolute atomic E-state index is 0.0642. The second-order valence-corrected chi connectivity index (χ2v) is 6.40. The molecule has 1 atom stereocenters. The molecule has 0 aliphatic carbocycles. The number of nitrogens with two attached hydrogens (primary N) is 1. The van der Waals surface area contributed by atoms with Crippen molar-refractivity contribution in [2.24, 2.45) is 5.73 Å². The molecule has 4 aromatic rings. The Labute approximate surface area is 155 Å². The van der Waals surface area contributed by atoms with Crippen molar-refractivity contribution < 1.29 is 5.11 Å². The van der Waals surface area contributed by atoms with Gasteiger partial charge in [0.2, 0.25) is 0 Å². The Hall–Kier alpha value is -3.51. The molecule has 134 valence electrons. The number of aromatic hydroxyl groups is 1. The first-order chi connectivity index (χ1) is 13.1. The number of rotatable bonds is 4. The fourth-order valence-electron chi connectivity index (χ4n) is 3.10. The fourth-order valence-corrected chi connectivity index (χ4v) is 3.10. The molecular formula is C21H18N4O2. The van der Waals surface area contributed by atoms with Crippen molar-refractivity contribution in [1.82, 2.24) is 15.0 Å². The third kappa shape index (κ3) is 3.56. The van der Waals surface area contributed by atoms with E-state index in [1.807, 2.05) is 42.5 Å². The van der Waals surface area contributed by atoms with Crippen LogP contribution in [0.2, 0.25) is 0 Å². The number of hydrogen-bond donors (Lipinski definition) is 3. The quantitative estimate of drug-likeness (QED) is 0.520. The van der Waals surface area contributed by atoms with Crippen LogP contribution in [-0.2, 0) is 6.42 Å². The summed E-state index contributed by atoms with van der Waals surface area (Å²) in [5.41, 5.74) is 9.96. The molecule has 0 saturated carbocycles. The van der Waals surface area contributed by atoms with Crippen LogP contribution in [-0.4, -0.2) is 20.1 Å². The Kier molecular flexibility index (Phi) is 4.40. The normalized spacial score (nSPS) is 12.2. The number of benzene rings is 2. The maximum Gasteiger partial charge on any atom is 0.252 e. The molecule has 6 nitrogen and oxygen atoms in total. The average Bonchev–Trinajstić information content (AvgIpc) is 2.68. The van der Waals surface area contributed by atoms with Gasteiger partial charge in [-0.15, -0.1) is 0 Å². The van der Waals surface area contributed by atoms with Crippen LogP contribution in [0.5, 0.6) is 5.75 Å². The van der Waals surface area contributed by atoms with Crippen LogP contribution < -0.4 is 11.3 Å². The fraction of sp³-hybridized carbons (Fsp3) is 0.0952. The van der Waals surface area contributed by atoms with Crippen LogP contribution >= 0.6 is 0 Å². The lowest BCUT2D eigenvalue weighted by Gasteiger charge is -2.12. The number of aromatic nitrogens is 3. The van der Waals surface area contributed by atoms with Crippen LogP contribution in [0.4, 0.5) is 0 Å². The molecule has 27 heavy (non-hydrogen) atoms. The molecule has 0 aliphatic rings. The van der Waals surface area contributed by atoms with E-state index in [1.165, 1.54) is 6.33 Å². The zero-order chi connectivity index (χ0) is 18.8. The summed E-state index contributed by atoms with van der Waals surface area (Å²) in [7, 11) is 0. The van der Waals surface area contributed by atoms with Crippen molar-refractivity contribution in [1.29, 1.82) is 0 Å². The van der Waals surface area contributed by atoms with E-state index in [2.05, 4.69) is 15.0 Å². The first kappa shape index (κ1) is 16.9. The van der Waals surface area contributed by atoms with E-state index in [0.29, 0.717) is 23.0 Å². The summed E-state index contributed by atoms with van der Waals surface area (Å²) in [4.78, 5) is 22.8. The van der Waals surface area contributed by atoms with E-state index in [-0.39, 0.29) is 17.4 Å². The molecule has 0 amide bonds. The number of hydrogen-bond acceptors (Lipinski definition) is 5. The maximum atomic E-state index is 11.5. The lowest BCUT2D eigenvalue weighted by molar-refractivity contribution is 0.480. The number of fused-ring (bicyclic) bond motifs is 1. The minimum Gasteiger partial charge on any atom is -0.507 e. The standard InChI is InChI=1S/C21H18N4O2/c22-16(8-13-4-2-1-3-5-13)19-10-18(23-12-24-19)14-6-7-17-15(9-14)20(26)11-21(27)25-17/h1-7,9-12,16H,8,22H2,(H2,25,26,27). The highest BCUT2D eigenvalue weighted by Gasteiger charge is 2.12. The van der Waals surface area contributed by atoms with Gasteiger partial charge in [0.1, 0.15) is 12.1 Å². The smallest absolute Gasteiger partial charge is 0.252 e. The Morgan fingerprint density at radius 1 is 1.04 bits per heavy atom. The molecular weight excluding hydrogens is 340 g/mol. The van der Waals surface area contributed by atoms with Crippen LogP contribution in [0, 0.1) is 0 Å². The minimum atomic E-state index is -0.344. The van der Waals surface area contributed by atoms with Crippen molar-refractivity contribution in [2.45, 2.75) is 12.5 Å². The summed E-state index contributed by atoms with van der Waals surface area (Å²) in [5, 5.41) is 10.6. The Bertz CT molecular complexity index is 1160. The zero-order valence-electron chi connectivity index (χ0n) is 14.5. The van der Waals surface area contributed by atoms with Crippen LogP contribution in [0.25, 0.3) is 22.2 Å². The molecule has 2 aromatic heterocycles. The SMILES string of the molecule is NC(Cc1ccccc1)c1cc(-c2ccc3[nH]c(=O)cc(O)c3c2)ncn1. The summed E-state index contributed by atoms with van der Waals surface area (Å²) >= 11 is 0. The largest absolute Gasteiger partial charge is 0.507 e. The van der Waals surface area contributed by atoms with E-state index < -0.39 is 0 Å². The van der Waals surface area contributed by atoms with Gasteiger partial charge in [-0.2, -0.15) is 0 Å². The first-order valence-electron chi connectivity index (χ1n) is 8.58. The van der Waals surface area contributed by atoms with Gasteiger partial charge in [-0.3, -0.25) is 4.79 Å². The van der Waals surface area contributed by atoms with Crippen molar-refractivity contribution in [2.75, 3.05) is 0 Å². The van der Waals surface area contributed by atoms with Gasteiger partial charge in [0.25, 0.3) is 5.56 Å². The van der Waals surface area contributed by atoms with Crippen molar-refractivity contribution in [3.63, 3.8) is 0 Å². The van der Waals surface area contributed by atoms with Gasteiger partial charge in [0, 0.05) is 17.0 Å². The molecule has 0 bridgehead atoms. The lowest BCUT2D eigenvalue weighted by Crippen LogP contribution is -2.15. The van der Waals surface area contributed by atoms with Gasteiger partial charge in [-0.05, 0) is 30.2 Å². The molecule has 2 aromatic carbocycles. The maximum absolute atomic E-state index is 11.5. The average molecular weight is 358 g/mol. The van der Waals surface area contributed by atoms with Gasteiger partial charge >= 0.3 is 0 Å². The number of H-pyrrole nitrogens is 1. The molecule has 0 aliphatic heterocycles. The monoisotopic (exact) mass is 358 g/mol. The van der Waals surface area contributed by atoms with Crippen molar-refractivity contribution in [3.8, 4) is 17.0 Å². The number of aromatic amines is 1. The van der Waals surface area contributed by atoms with E-state index in [1.54, 1.807) is 12.1 Å². The topological polar surface area (TPSA) is 105 Å². The molecule has 2 heterocycles. The number of pyridine rings is 1. The molecule has 0 spiro atoms. The lowest BCUT2D eigenvalue weighted by atomic mass is 10.0. The predicted molar refractivity (Wildman–Crippen MR) is 104 cm³/mol. The highest BCUT2D eigenvalue weighted by Crippen LogP contribution is 2.27. The van der Waals surface area contributed by atoms with Gasteiger partial charge in [-0.25, -0.2) is 9.97 Å². The molecule has 0 saturated heterocycles. The molecule has 4 rings (SSSR count). The molecule has 0 radical (unpaired) electrons. The summed E-state index contributed by atoms with van der Waals surface area (Å²) in [6.07, 6.45) is 2.17. The van der Waals surface area contributed by atoms with E-state index in [4.69, 9.17) is 5.73 Å². The second kappa shape index (κ2) is 7.01. The summed E-state index contributed by atoms with van der Waals surface area (Å²) in [6, 6.07) is 18.2. The van der Waals surface area contributed by atoms with Gasteiger partial charge in [0.15, 0.2) is 0 Å². The summed E-state index contributed by atoms with van der Waals surface area (Å²) in [5.74, 6) is -0.0642. The highest BCUT2D eigenvalue weighted by molar-refractivity contribution is 5.88. The Morgan fingerprint density at radius 2 is 1.85 bits per heavy atom. The van der Waals surface area contributed by atoms with Crippen LogP contribution in [0.1, 0.15) is 17.3 Å². The van der Waals surface area contributed by atoms with E-state index in [0.717, 1.165) is 22.9 Å². The first-order valence-corrected chi connectivity index (χ1v) is 8.58. The molecule has 4 N–H and O–H groups in total. The van der Waals surface area contributed by atoms with Crippen molar-refractivity contribution >= 4 is 10.9 Å².